The molecule has 0 aliphatic rings. The van der Waals surface area contributed by atoms with E-state index in [2.05, 4.69) is 67.9 Å². The van der Waals surface area contributed by atoms with E-state index in [-0.39, 0.29) is 11.9 Å². The summed E-state index contributed by atoms with van der Waals surface area (Å²) in [6.07, 6.45) is 2.09. The van der Waals surface area contributed by atoms with Gasteiger partial charge in [0, 0.05) is 30.0 Å². The topological polar surface area (TPSA) is 25.2 Å². The van der Waals surface area contributed by atoms with Crippen LogP contribution in [0.4, 0.5) is 0 Å². The minimum Gasteiger partial charge on any atom is -0.345 e. The Bertz CT molecular complexity index is 906. The Kier molecular flexibility index (Phi) is 5.80. The lowest BCUT2D eigenvalue weighted by Crippen LogP contribution is -2.37. The van der Waals surface area contributed by atoms with Crippen molar-refractivity contribution in [1.29, 1.82) is 0 Å². The van der Waals surface area contributed by atoms with Gasteiger partial charge in [0.25, 0.3) is 5.91 Å². The summed E-state index contributed by atoms with van der Waals surface area (Å²) in [5.74, 6) is 0.0771. The van der Waals surface area contributed by atoms with Gasteiger partial charge in [-0.1, -0.05) is 47.5 Å². The first-order valence-corrected chi connectivity index (χ1v) is 9.51. The Labute approximate surface area is 162 Å². The van der Waals surface area contributed by atoms with Crippen molar-refractivity contribution in [3.63, 3.8) is 0 Å². The van der Waals surface area contributed by atoms with E-state index in [4.69, 9.17) is 0 Å². The molecular weight excluding hydrogens is 332 g/mol. The molecule has 3 nitrogen and oxygen atoms in total. The van der Waals surface area contributed by atoms with Crippen molar-refractivity contribution < 1.29 is 4.79 Å². The number of carbonyl (C=O) groups excluding carboxylic acids is 1. The number of hydrogen-bond acceptors (Lipinski definition) is 1. The van der Waals surface area contributed by atoms with Crippen molar-refractivity contribution in [2.24, 2.45) is 0 Å². The smallest absolute Gasteiger partial charge is 0.254 e. The number of aryl methyl sites for hydroxylation is 2. The van der Waals surface area contributed by atoms with Gasteiger partial charge in [-0.25, -0.2) is 0 Å². The van der Waals surface area contributed by atoms with Crippen molar-refractivity contribution >= 4 is 5.91 Å². The van der Waals surface area contributed by atoms with Crippen molar-refractivity contribution in [3.8, 4) is 0 Å². The molecular formula is C24H28N2O. The zero-order chi connectivity index (χ0) is 19.4. The first-order chi connectivity index (χ1) is 12.9. The minimum absolute atomic E-state index is 0.0771. The molecule has 0 fully saturated rings. The van der Waals surface area contributed by atoms with Crippen LogP contribution in [0.1, 0.15) is 46.6 Å². The lowest BCUT2D eigenvalue weighted by atomic mass is 10.1. The fourth-order valence-corrected chi connectivity index (χ4v) is 3.28. The summed E-state index contributed by atoms with van der Waals surface area (Å²) in [7, 11) is 0. The van der Waals surface area contributed by atoms with Gasteiger partial charge < -0.3 is 9.47 Å². The number of hydrogen-bond donors (Lipinski definition) is 0. The summed E-state index contributed by atoms with van der Waals surface area (Å²) in [5.41, 5.74) is 5.58. The molecule has 3 heteroatoms. The molecule has 27 heavy (non-hydrogen) atoms. The molecule has 0 saturated heterocycles. The monoisotopic (exact) mass is 360 g/mol. The maximum Gasteiger partial charge on any atom is 0.254 e. The van der Waals surface area contributed by atoms with Gasteiger partial charge in [-0.15, -0.1) is 0 Å². The third-order valence-electron chi connectivity index (χ3n) is 4.87. The van der Waals surface area contributed by atoms with E-state index in [1.54, 1.807) is 0 Å². The third-order valence-corrected chi connectivity index (χ3v) is 4.87. The number of amides is 1. The minimum atomic E-state index is 0.0771. The lowest BCUT2D eigenvalue weighted by molar-refractivity contribution is 0.0686. The molecule has 140 valence electrons. The fraction of sp³-hybridized carbons (Fsp3) is 0.292. The van der Waals surface area contributed by atoms with Crippen LogP contribution in [0.25, 0.3) is 0 Å². The van der Waals surface area contributed by atoms with Crippen molar-refractivity contribution in [2.45, 2.75) is 46.8 Å². The van der Waals surface area contributed by atoms with Gasteiger partial charge in [0.15, 0.2) is 0 Å². The Morgan fingerprint density at radius 1 is 0.963 bits per heavy atom. The molecule has 1 aromatic heterocycles. The van der Waals surface area contributed by atoms with Crippen LogP contribution in [0.5, 0.6) is 0 Å². The maximum atomic E-state index is 13.1. The normalized spacial score (nSPS) is 11.0. The molecule has 3 rings (SSSR count). The molecule has 1 heterocycles. The lowest BCUT2D eigenvalue weighted by Gasteiger charge is -2.27. The zero-order valence-corrected chi connectivity index (χ0v) is 16.6. The molecule has 0 saturated carbocycles. The number of benzene rings is 2. The summed E-state index contributed by atoms with van der Waals surface area (Å²) < 4.78 is 2.23. The van der Waals surface area contributed by atoms with Crippen LogP contribution in [0.2, 0.25) is 0 Å². The second-order valence-electron chi connectivity index (χ2n) is 7.51. The van der Waals surface area contributed by atoms with E-state index in [1.165, 1.54) is 11.1 Å². The predicted octanol–water partition coefficient (Wildman–Crippen LogP) is 5.20. The first-order valence-electron chi connectivity index (χ1n) is 9.51. The highest BCUT2D eigenvalue weighted by Gasteiger charge is 2.20. The average Bonchev–Trinajstić information content (AvgIpc) is 3.06. The maximum absolute atomic E-state index is 13.1. The van der Waals surface area contributed by atoms with Crippen LogP contribution in [0.3, 0.4) is 0 Å². The largest absolute Gasteiger partial charge is 0.345 e. The molecule has 0 aliphatic carbocycles. The molecule has 0 radical (unpaired) electrons. The van der Waals surface area contributed by atoms with Crippen molar-refractivity contribution in [2.75, 3.05) is 0 Å². The first kappa shape index (κ1) is 19.0. The number of rotatable bonds is 6. The van der Waals surface area contributed by atoms with E-state index < -0.39 is 0 Å². The van der Waals surface area contributed by atoms with Gasteiger partial charge in [-0.05, 0) is 57.5 Å². The summed E-state index contributed by atoms with van der Waals surface area (Å²) in [5, 5.41) is 0. The van der Waals surface area contributed by atoms with Gasteiger partial charge in [0.05, 0.1) is 6.54 Å². The number of carbonyl (C=O) groups is 1. The van der Waals surface area contributed by atoms with E-state index >= 15 is 0 Å². The second-order valence-corrected chi connectivity index (χ2v) is 7.51. The van der Waals surface area contributed by atoms with E-state index in [1.807, 2.05) is 36.1 Å². The predicted molar refractivity (Wildman–Crippen MR) is 111 cm³/mol. The highest BCUT2D eigenvalue weighted by Crippen LogP contribution is 2.16. The molecule has 0 atom stereocenters. The van der Waals surface area contributed by atoms with Crippen LogP contribution in [-0.2, 0) is 13.1 Å². The van der Waals surface area contributed by atoms with E-state index in [9.17, 15) is 4.79 Å². The quantitative estimate of drug-likeness (QED) is 0.593. The van der Waals surface area contributed by atoms with Gasteiger partial charge >= 0.3 is 0 Å². The number of aromatic nitrogens is 1. The Morgan fingerprint density at radius 3 is 2.37 bits per heavy atom. The molecule has 0 aliphatic heterocycles. The SMILES string of the molecule is Cc1ccc(C(=O)N(Cc2cccn2Cc2cccc(C)c2)C(C)C)cc1. The Morgan fingerprint density at radius 2 is 1.70 bits per heavy atom. The van der Waals surface area contributed by atoms with Crippen LogP contribution in [-0.4, -0.2) is 21.4 Å². The molecule has 0 unspecified atom stereocenters. The Balaban J connectivity index is 1.80. The molecule has 2 aromatic carbocycles. The molecule has 0 bridgehead atoms. The van der Waals surface area contributed by atoms with Gasteiger partial charge in [-0.3, -0.25) is 4.79 Å². The summed E-state index contributed by atoms with van der Waals surface area (Å²) in [6, 6.07) is 20.7. The van der Waals surface area contributed by atoms with Crippen LogP contribution in [0.15, 0.2) is 66.9 Å². The van der Waals surface area contributed by atoms with Crippen molar-refractivity contribution in [1.82, 2.24) is 9.47 Å². The van der Waals surface area contributed by atoms with Crippen LogP contribution < -0.4 is 0 Å². The zero-order valence-electron chi connectivity index (χ0n) is 16.6. The number of nitrogens with zero attached hydrogens (tertiary/aromatic N) is 2. The standard InChI is InChI=1S/C24H28N2O/c1-18(2)26(24(27)22-12-10-19(3)11-13-22)17-23-9-6-14-25(23)16-21-8-5-7-20(4)15-21/h5-15,18H,16-17H2,1-4H3. The van der Waals surface area contributed by atoms with E-state index in [0.717, 1.165) is 23.4 Å². The van der Waals surface area contributed by atoms with Crippen molar-refractivity contribution in [3.05, 3.63) is 94.8 Å². The molecule has 3 aromatic rings. The summed E-state index contributed by atoms with van der Waals surface area (Å²) >= 11 is 0. The summed E-state index contributed by atoms with van der Waals surface area (Å²) in [6.45, 7) is 9.70. The molecule has 0 N–H and O–H groups in total. The van der Waals surface area contributed by atoms with Gasteiger partial charge in [0.2, 0.25) is 0 Å². The fourth-order valence-electron chi connectivity index (χ4n) is 3.28. The van der Waals surface area contributed by atoms with E-state index in [0.29, 0.717) is 6.54 Å². The highest BCUT2D eigenvalue weighted by atomic mass is 16.2. The van der Waals surface area contributed by atoms with Gasteiger partial charge in [-0.2, -0.15) is 0 Å². The summed E-state index contributed by atoms with van der Waals surface area (Å²) in [4.78, 5) is 15.0. The Hall–Kier alpha value is -2.81. The highest BCUT2D eigenvalue weighted by molar-refractivity contribution is 5.94. The van der Waals surface area contributed by atoms with Crippen LogP contribution >= 0.6 is 0 Å². The van der Waals surface area contributed by atoms with Gasteiger partial charge in [0.1, 0.15) is 0 Å². The molecule has 0 spiro atoms. The third kappa shape index (κ3) is 4.68. The molecule has 1 amide bonds. The average molecular weight is 361 g/mol. The second kappa shape index (κ2) is 8.26. The van der Waals surface area contributed by atoms with Crippen LogP contribution in [0, 0.1) is 13.8 Å².